The summed E-state index contributed by atoms with van der Waals surface area (Å²) in [4.78, 5) is 13.6. The van der Waals surface area contributed by atoms with E-state index in [1.807, 2.05) is 13.8 Å². The maximum atomic E-state index is 12.8. The highest BCUT2D eigenvalue weighted by molar-refractivity contribution is 7.92. The first-order valence-electron chi connectivity index (χ1n) is 9.90. The second-order valence-corrected chi connectivity index (χ2v) is 9.50. The predicted molar refractivity (Wildman–Crippen MR) is 125 cm³/mol. The molecule has 1 heterocycles. The molecule has 2 N–H and O–H groups in total. The van der Waals surface area contributed by atoms with Crippen LogP contribution in [0.4, 0.5) is 11.4 Å². The van der Waals surface area contributed by atoms with Crippen molar-refractivity contribution in [3.63, 3.8) is 0 Å². The topological polar surface area (TPSA) is 122 Å². The molecule has 3 rings (SSSR count). The van der Waals surface area contributed by atoms with E-state index in [-0.39, 0.29) is 21.2 Å². The molecule has 0 saturated carbocycles. The Morgan fingerprint density at radius 1 is 1.24 bits per heavy atom. The fourth-order valence-corrected chi connectivity index (χ4v) is 4.79. The average molecular weight is 494 g/mol. The number of benzene rings is 2. The van der Waals surface area contributed by atoms with Crippen LogP contribution in [0.25, 0.3) is 0 Å². The van der Waals surface area contributed by atoms with Crippen molar-refractivity contribution in [2.45, 2.75) is 25.2 Å². The molecule has 0 fully saturated rings. The minimum absolute atomic E-state index is 0.0378. The van der Waals surface area contributed by atoms with Crippen molar-refractivity contribution in [1.82, 2.24) is 5.16 Å². The lowest BCUT2D eigenvalue weighted by Gasteiger charge is -2.22. The fourth-order valence-electron chi connectivity index (χ4n) is 3.39. The Morgan fingerprint density at radius 2 is 1.97 bits per heavy atom. The fraction of sp³-hybridized carbons (Fsp3) is 0.273. The van der Waals surface area contributed by atoms with Gasteiger partial charge < -0.3 is 19.3 Å². The molecule has 3 aromatic rings. The standard InChI is InChI=1S/C22H24ClN3O6S/c1-13-17(14(2)32-24-13)9-10-26(3)20-7-5-15(11-18(20)22(27)28)25-33(29,30)16-6-8-21(31-4)19(23)12-16/h5-8,11-12,25H,9-10H2,1-4H3,(H,27,28). The molecular weight excluding hydrogens is 470 g/mol. The van der Waals surface area contributed by atoms with Crippen molar-refractivity contribution >= 4 is 39.0 Å². The molecule has 0 radical (unpaired) electrons. The van der Waals surface area contributed by atoms with E-state index in [0.29, 0.717) is 24.4 Å². The van der Waals surface area contributed by atoms with Gasteiger partial charge in [0.05, 0.1) is 34.0 Å². The number of hydrogen-bond donors (Lipinski definition) is 2. The van der Waals surface area contributed by atoms with Crippen LogP contribution in [0.5, 0.6) is 5.75 Å². The minimum atomic E-state index is -4.00. The monoisotopic (exact) mass is 493 g/mol. The molecule has 0 bridgehead atoms. The van der Waals surface area contributed by atoms with E-state index in [2.05, 4.69) is 9.88 Å². The summed E-state index contributed by atoms with van der Waals surface area (Å²) < 4.78 is 38.1. The summed E-state index contributed by atoms with van der Waals surface area (Å²) in [5, 5.41) is 13.8. The molecule has 176 valence electrons. The van der Waals surface area contributed by atoms with Gasteiger partial charge in [-0.2, -0.15) is 0 Å². The third-order valence-corrected chi connectivity index (χ3v) is 6.88. The van der Waals surface area contributed by atoms with Crippen molar-refractivity contribution in [2.24, 2.45) is 0 Å². The summed E-state index contributed by atoms with van der Waals surface area (Å²) in [6.07, 6.45) is 0.614. The summed E-state index contributed by atoms with van der Waals surface area (Å²) in [7, 11) is -0.808. The normalized spacial score (nSPS) is 11.3. The van der Waals surface area contributed by atoms with Crippen molar-refractivity contribution in [3.8, 4) is 5.75 Å². The van der Waals surface area contributed by atoms with Crippen LogP contribution in [0.1, 0.15) is 27.4 Å². The number of likely N-dealkylation sites (N-methyl/N-ethyl adjacent to an activating group) is 1. The molecule has 0 spiro atoms. The van der Waals surface area contributed by atoms with E-state index in [1.54, 1.807) is 18.0 Å². The SMILES string of the molecule is COc1ccc(S(=O)(=O)Nc2ccc(N(C)CCc3c(C)noc3C)c(C(=O)O)c2)cc1Cl. The molecule has 0 saturated heterocycles. The van der Waals surface area contributed by atoms with Crippen molar-refractivity contribution in [1.29, 1.82) is 0 Å². The number of aromatic nitrogens is 1. The summed E-state index contributed by atoms with van der Waals surface area (Å²) >= 11 is 6.04. The summed E-state index contributed by atoms with van der Waals surface area (Å²) in [5.74, 6) is -0.113. The van der Waals surface area contributed by atoms with Gasteiger partial charge in [0.25, 0.3) is 10.0 Å². The number of sulfonamides is 1. The van der Waals surface area contributed by atoms with Crippen LogP contribution in [0.2, 0.25) is 5.02 Å². The van der Waals surface area contributed by atoms with Crippen LogP contribution < -0.4 is 14.4 Å². The molecule has 0 aliphatic heterocycles. The Balaban J connectivity index is 1.83. The number of methoxy groups -OCH3 is 1. The minimum Gasteiger partial charge on any atom is -0.495 e. The summed E-state index contributed by atoms with van der Waals surface area (Å²) in [6.45, 7) is 4.19. The molecule has 0 aliphatic rings. The van der Waals surface area contributed by atoms with Crippen LogP contribution in [0.15, 0.2) is 45.8 Å². The Kier molecular flexibility index (Phi) is 7.19. The smallest absolute Gasteiger partial charge is 0.337 e. The molecule has 1 aromatic heterocycles. The lowest BCUT2D eigenvalue weighted by atomic mass is 10.1. The van der Waals surface area contributed by atoms with Gasteiger partial charge in [0.15, 0.2) is 0 Å². The Labute approximate surface area is 197 Å². The highest BCUT2D eigenvalue weighted by Crippen LogP contribution is 2.29. The summed E-state index contributed by atoms with van der Waals surface area (Å²) in [6, 6.07) is 8.41. The predicted octanol–water partition coefficient (Wildman–Crippen LogP) is 4.13. The number of nitrogens with one attached hydrogen (secondary N) is 1. The van der Waals surface area contributed by atoms with Crippen LogP contribution in [-0.2, 0) is 16.4 Å². The van der Waals surface area contributed by atoms with E-state index in [9.17, 15) is 18.3 Å². The number of halogens is 1. The molecule has 0 amide bonds. The highest BCUT2D eigenvalue weighted by Gasteiger charge is 2.20. The Hall–Kier alpha value is -3.24. The maximum Gasteiger partial charge on any atom is 0.337 e. The number of aryl methyl sites for hydroxylation is 2. The number of aromatic carboxylic acids is 1. The third-order valence-electron chi connectivity index (χ3n) is 5.20. The second kappa shape index (κ2) is 9.72. The number of ether oxygens (including phenoxy) is 1. The molecule has 33 heavy (non-hydrogen) atoms. The van der Waals surface area contributed by atoms with Gasteiger partial charge in [0.2, 0.25) is 0 Å². The van der Waals surface area contributed by atoms with E-state index in [0.717, 1.165) is 17.0 Å². The molecule has 0 unspecified atom stereocenters. The second-order valence-electron chi connectivity index (χ2n) is 7.41. The first-order chi connectivity index (χ1) is 15.5. The van der Waals surface area contributed by atoms with Crippen molar-refractivity contribution in [2.75, 3.05) is 30.3 Å². The van der Waals surface area contributed by atoms with E-state index in [1.165, 1.54) is 37.4 Å². The lowest BCUT2D eigenvalue weighted by Crippen LogP contribution is -2.23. The van der Waals surface area contributed by atoms with E-state index < -0.39 is 16.0 Å². The van der Waals surface area contributed by atoms with Crippen molar-refractivity contribution < 1.29 is 27.6 Å². The van der Waals surface area contributed by atoms with E-state index in [4.69, 9.17) is 20.9 Å². The Bertz CT molecular complexity index is 1270. The third kappa shape index (κ3) is 5.40. The molecule has 0 aliphatic carbocycles. The summed E-state index contributed by atoms with van der Waals surface area (Å²) in [5.41, 5.74) is 2.29. The van der Waals surface area contributed by atoms with Gasteiger partial charge in [0.1, 0.15) is 11.5 Å². The molecule has 2 aromatic carbocycles. The van der Waals surface area contributed by atoms with Gasteiger partial charge in [-0.3, -0.25) is 4.72 Å². The average Bonchev–Trinajstić information content (AvgIpc) is 3.08. The highest BCUT2D eigenvalue weighted by atomic mass is 35.5. The first kappa shape index (κ1) is 24.4. The zero-order valence-electron chi connectivity index (χ0n) is 18.5. The number of carboxylic acids is 1. The zero-order valence-corrected chi connectivity index (χ0v) is 20.1. The van der Waals surface area contributed by atoms with Gasteiger partial charge in [0, 0.05) is 24.8 Å². The van der Waals surface area contributed by atoms with Gasteiger partial charge in [-0.1, -0.05) is 16.8 Å². The largest absolute Gasteiger partial charge is 0.495 e. The number of hydrogen-bond acceptors (Lipinski definition) is 7. The van der Waals surface area contributed by atoms with Gasteiger partial charge >= 0.3 is 5.97 Å². The molecular formula is C22H24ClN3O6S. The van der Waals surface area contributed by atoms with Crippen LogP contribution in [0, 0.1) is 13.8 Å². The van der Waals surface area contributed by atoms with Crippen molar-refractivity contribution in [3.05, 3.63) is 64.0 Å². The number of carboxylic acid groups (broad SMARTS) is 1. The van der Waals surface area contributed by atoms with Crippen LogP contribution in [-0.4, -0.2) is 45.4 Å². The Morgan fingerprint density at radius 3 is 2.55 bits per heavy atom. The number of anilines is 2. The molecule has 0 atom stereocenters. The van der Waals surface area contributed by atoms with Crippen LogP contribution >= 0.6 is 11.6 Å². The molecule has 11 heteroatoms. The quantitative estimate of drug-likeness (QED) is 0.456. The number of nitrogens with zero attached hydrogens (tertiary/aromatic N) is 2. The lowest BCUT2D eigenvalue weighted by molar-refractivity contribution is 0.0697. The van der Waals surface area contributed by atoms with Gasteiger partial charge in [-0.15, -0.1) is 0 Å². The maximum absolute atomic E-state index is 12.8. The first-order valence-corrected chi connectivity index (χ1v) is 11.8. The number of carbonyl (C=O) groups is 1. The van der Waals surface area contributed by atoms with Crippen LogP contribution in [0.3, 0.4) is 0 Å². The molecule has 9 nitrogen and oxygen atoms in total. The zero-order chi connectivity index (χ0) is 24.3. The van der Waals surface area contributed by atoms with Gasteiger partial charge in [-0.25, -0.2) is 13.2 Å². The van der Waals surface area contributed by atoms with Gasteiger partial charge in [-0.05, 0) is 56.7 Å². The number of rotatable bonds is 9. The van der Waals surface area contributed by atoms with E-state index >= 15 is 0 Å².